The highest BCUT2D eigenvalue weighted by Gasteiger charge is 1.97. The van der Waals surface area contributed by atoms with Crippen molar-refractivity contribution >= 4 is 12.0 Å². The lowest BCUT2D eigenvalue weighted by molar-refractivity contribution is -0.131. The van der Waals surface area contributed by atoms with E-state index in [-0.39, 0.29) is 5.56 Å². The Balaban J connectivity index is 3.10. The summed E-state index contributed by atoms with van der Waals surface area (Å²) >= 11 is 0. The molecule has 0 atom stereocenters. The summed E-state index contributed by atoms with van der Waals surface area (Å²) in [5.74, 6) is -1.08. The molecule has 0 saturated carbocycles. The molecule has 0 bridgehead atoms. The van der Waals surface area contributed by atoms with Crippen LogP contribution in [-0.2, 0) is 11.8 Å². The first-order valence-electron chi connectivity index (χ1n) is 3.54. The Morgan fingerprint density at radius 2 is 2.38 bits per heavy atom. The number of carboxylic acid groups (broad SMARTS) is 1. The number of hydrogen-bond donors (Lipinski definition) is 1. The van der Waals surface area contributed by atoms with Crippen molar-refractivity contribution in [2.24, 2.45) is 7.05 Å². The number of nitrogens with zero attached hydrogens (tertiary/aromatic N) is 2. The van der Waals surface area contributed by atoms with Crippen molar-refractivity contribution in [3.8, 4) is 0 Å². The predicted molar refractivity (Wildman–Crippen MR) is 46.1 cm³/mol. The van der Waals surface area contributed by atoms with E-state index in [9.17, 15) is 9.59 Å². The molecule has 13 heavy (non-hydrogen) atoms. The Labute approximate surface area is 73.9 Å². The predicted octanol–water partition coefficient (Wildman–Crippen LogP) is -0.122. The fourth-order valence-corrected chi connectivity index (χ4v) is 0.812. The molecule has 0 amide bonds. The van der Waals surface area contributed by atoms with Crippen LogP contribution < -0.4 is 5.56 Å². The van der Waals surface area contributed by atoms with E-state index in [2.05, 4.69) is 5.10 Å². The average molecular weight is 180 g/mol. The fourth-order valence-electron chi connectivity index (χ4n) is 0.812. The third-order valence-electron chi connectivity index (χ3n) is 1.44. The van der Waals surface area contributed by atoms with Gasteiger partial charge in [-0.25, -0.2) is 9.48 Å². The maximum Gasteiger partial charge on any atom is 0.328 e. The maximum atomic E-state index is 11.2. The van der Waals surface area contributed by atoms with Crippen molar-refractivity contribution in [1.82, 2.24) is 9.78 Å². The van der Waals surface area contributed by atoms with E-state index < -0.39 is 5.97 Å². The van der Waals surface area contributed by atoms with E-state index in [0.717, 1.165) is 10.8 Å². The zero-order chi connectivity index (χ0) is 9.84. The van der Waals surface area contributed by atoms with Gasteiger partial charge in [-0.2, -0.15) is 5.10 Å². The third kappa shape index (κ3) is 2.26. The van der Waals surface area contributed by atoms with Crippen LogP contribution in [0.3, 0.4) is 0 Å². The second-order valence-electron chi connectivity index (χ2n) is 2.39. The zero-order valence-corrected chi connectivity index (χ0v) is 6.97. The molecule has 1 aromatic rings. The molecule has 1 heterocycles. The van der Waals surface area contributed by atoms with E-state index in [1.165, 1.54) is 25.4 Å². The Morgan fingerprint density at radius 3 is 3.00 bits per heavy atom. The van der Waals surface area contributed by atoms with E-state index in [4.69, 9.17) is 5.11 Å². The molecule has 0 spiro atoms. The van der Waals surface area contributed by atoms with Gasteiger partial charge in [0.25, 0.3) is 5.56 Å². The number of aliphatic carboxylic acids is 1. The molecule has 0 aliphatic heterocycles. The van der Waals surface area contributed by atoms with Crippen LogP contribution >= 0.6 is 0 Å². The number of aromatic nitrogens is 2. The monoisotopic (exact) mass is 180 g/mol. The molecule has 0 unspecified atom stereocenters. The lowest BCUT2D eigenvalue weighted by Crippen LogP contribution is -2.20. The standard InChI is InChI=1S/C8H8N2O3/c1-10-8(13)6(4-5-9-10)2-3-7(11)12/h2-5H,1H3,(H,11,12). The van der Waals surface area contributed by atoms with Crippen LogP contribution in [-0.4, -0.2) is 20.9 Å². The van der Waals surface area contributed by atoms with E-state index in [0.29, 0.717) is 5.56 Å². The van der Waals surface area contributed by atoms with Gasteiger partial charge in [-0.3, -0.25) is 4.79 Å². The Hall–Kier alpha value is -1.91. The van der Waals surface area contributed by atoms with Gasteiger partial charge < -0.3 is 5.11 Å². The number of hydrogen-bond acceptors (Lipinski definition) is 3. The summed E-state index contributed by atoms with van der Waals surface area (Å²) in [4.78, 5) is 21.4. The van der Waals surface area contributed by atoms with Crippen molar-refractivity contribution < 1.29 is 9.90 Å². The van der Waals surface area contributed by atoms with Gasteiger partial charge in [0.15, 0.2) is 0 Å². The zero-order valence-electron chi connectivity index (χ0n) is 6.97. The molecule has 0 radical (unpaired) electrons. The minimum absolute atomic E-state index is 0.305. The molecular weight excluding hydrogens is 172 g/mol. The van der Waals surface area contributed by atoms with Gasteiger partial charge in [-0.05, 0) is 12.1 Å². The Morgan fingerprint density at radius 1 is 1.69 bits per heavy atom. The summed E-state index contributed by atoms with van der Waals surface area (Å²) < 4.78 is 1.14. The highest BCUT2D eigenvalue weighted by molar-refractivity contribution is 5.85. The van der Waals surface area contributed by atoms with Gasteiger partial charge in [-0.1, -0.05) is 0 Å². The first kappa shape index (κ1) is 9.18. The largest absolute Gasteiger partial charge is 0.478 e. The first-order valence-corrected chi connectivity index (χ1v) is 3.54. The minimum Gasteiger partial charge on any atom is -0.478 e. The van der Waals surface area contributed by atoms with Crippen molar-refractivity contribution in [2.45, 2.75) is 0 Å². The molecule has 68 valence electrons. The van der Waals surface area contributed by atoms with Gasteiger partial charge in [0.2, 0.25) is 0 Å². The Bertz CT molecular complexity index is 406. The number of aryl methyl sites for hydroxylation is 1. The highest BCUT2D eigenvalue weighted by Crippen LogP contribution is 1.91. The molecule has 0 saturated heterocycles. The summed E-state index contributed by atoms with van der Waals surface area (Å²) in [5, 5.41) is 12.0. The molecule has 0 aromatic carbocycles. The van der Waals surface area contributed by atoms with E-state index >= 15 is 0 Å². The summed E-state index contributed by atoms with van der Waals surface area (Å²) in [6.45, 7) is 0. The van der Waals surface area contributed by atoms with Gasteiger partial charge in [0.1, 0.15) is 0 Å². The van der Waals surface area contributed by atoms with Crippen LogP contribution in [0.2, 0.25) is 0 Å². The second kappa shape index (κ2) is 3.66. The summed E-state index contributed by atoms with van der Waals surface area (Å²) in [6, 6.07) is 1.46. The molecular formula is C8H8N2O3. The van der Waals surface area contributed by atoms with Crippen molar-refractivity contribution in [3.63, 3.8) is 0 Å². The minimum atomic E-state index is -1.08. The molecule has 1 aromatic heterocycles. The molecule has 0 aliphatic rings. The number of rotatable bonds is 2. The smallest absolute Gasteiger partial charge is 0.328 e. The van der Waals surface area contributed by atoms with Gasteiger partial charge >= 0.3 is 5.97 Å². The lowest BCUT2D eigenvalue weighted by Gasteiger charge is -1.95. The van der Waals surface area contributed by atoms with Crippen molar-refractivity contribution in [1.29, 1.82) is 0 Å². The van der Waals surface area contributed by atoms with E-state index in [1.807, 2.05) is 0 Å². The normalized spacial score (nSPS) is 10.5. The molecule has 0 aliphatic carbocycles. The SMILES string of the molecule is Cn1nccc(C=CC(=O)O)c1=O. The molecule has 0 fully saturated rings. The molecule has 1 N–H and O–H groups in total. The molecule has 1 rings (SSSR count). The number of carbonyl (C=O) groups is 1. The molecule has 5 nitrogen and oxygen atoms in total. The topological polar surface area (TPSA) is 72.2 Å². The summed E-state index contributed by atoms with van der Waals surface area (Å²) in [6.07, 6.45) is 3.59. The quantitative estimate of drug-likeness (QED) is 0.644. The number of carboxylic acids is 1. The maximum absolute atomic E-state index is 11.2. The van der Waals surface area contributed by atoms with Crippen LogP contribution in [0.25, 0.3) is 6.08 Å². The van der Waals surface area contributed by atoms with E-state index in [1.54, 1.807) is 0 Å². The lowest BCUT2D eigenvalue weighted by atomic mass is 10.3. The Kier molecular flexibility index (Phi) is 2.59. The van der Waals surface area contributed by atoms with Crippen molar-refractivity contribution in [2.75, 3.05) is 0 Å². The molecule has 5 heteroatoms. The van der Waals surface area contributed by atoms with Crippen LogP contribution in [0.5, 0.6) is 0 Å². The fraction of sp³-hybridized carbons (Fsp3) is 0.125. The average Bonchev–Trinajstić information content (AvgIpc) is 2.07. The first-order chi connectivity index (χ1) is 6.11. The summed E-state index contributed by atoms with van der Waals surface area (Å²) in [7, 11) is 1.50. The van der Waals surface area contributed by atoms with Crippen molar-refractivity contribution in [3.05, 3.63) is 34.3 Å². The van der Waals surface area contributed by atoms with Gasteiger partial charge in [0.05, 0.1) is 0 Å². The van der Waals surface area contributed by atoms with Crippen LogP contribution in [0.15, 0.2) is 23.1 Å². The van der Waals surface area contributed by atoms with Crippen LogP contribution in [0.4, 0.5) is 0 Å². The van der Waals surface area contributed by atoms with Gasteiger partial charge in [0, 0.05) is 24.9 Å². The van der Waals surface area contributed by atoms with Crippen LogP contribution in [0.1, 0.15) is 5.56 Å². The van der Waals surface area contributed by atoms with Crippen LogP contribution in [0, 0.1) is 0 Å². The summed E-state index contributed by atoms with van der Waals surface area (Å²) in [5.41, 5.74) is -0.0140. The highest BCUT2D eigenvalue weighted by atomic mass is 16.4. The second-order valence-corrected chi connectivity index (χ2v) is 2.39. The third-order valence-corrected chi connectivity index (χ3v) is 1.44. The van der Waals surface area contributed by atoms with Gasteiger partial charge in [-0.15, -0.1) is 0 Å².